The van der Waals surface area contributed by atoms with Gasteiger partial charge in [-0.05, 0) is 12.8 Å². The second-order valence-electron chi connectivity index (χ2n) is 28.6. The number of rotatable bonds is 73. The molecule has 1 rings (SSSR count). The Kier molecular flexibility index (Phi) is 66.8. The first-order valence-corrected chi connectivity index (χ1v) is 40.2. The van der Waals surface area contributed by atoms with E-state index in [0.29, 0.717) is 12.8 Å². The molecular formula is C79H157NO8. The number of aliphatic hydroxyl groups excluding tert-OH is 5. The van der Waals surface area contributed by atoms with Crippen molar-refractivity contribution in [1.82, 2.24) is 5.32 Å². The first-order chi connectivity index (χ1) is 43.3. The number of ether oxygens (including phenoxy) is 2. The number of hydrogen-bond donors (Lipinski definition) is 6. The molecule has 1 amide bonds. The van der Waals surface area contributed by atoms with E-state index in [0.717, 1.165) is 38.5 Å². The van der Waals surface area contributed by atoms with Crippen molar-refractivity contribution in [2.75, 3.05) is 13.2 Å². The van der Waals surface area contributed by atoms with Gasteiger partial charge < -0.3 is 40.3 Å². The van der Waals surface area contributed by atoms with Gasteiger partial charge >= 0.3 is 0 Å². The van der Waals surface area contributed by atoms with Gasteiger partial charge in [0, 0.05) is 6.42 Å². The van der Waals surface area contributed by atoms with Gasteiger partial charge in [0.2, 0.25) is 5.91 Å². The number of aliphatic hydroxyl groups is 5. The fourth-order valence-corrected chi connectivity index (χ4v) is 13.7. The van der Waals surface area contributed by atoms with Gasteiger partial charge in [-0.2, -0.15) is 0 Å². The second-order valence-corrected chi connectivity index (χ2v) is 28.6. The topological polar surface area (TPSA) is 149 Å². The van der Waals surface area contributed by atoms with Crippen LogP contribution in [0.2, 0.25) is 0 Å². The lowest BCUT2D eigenvalue weighted by Gasteiger charge is -2.40. The van der Waals surface area contributed by atoms with Crippen LogP contribution in [0.3, 0.4) is 0 Å². The molecule has 1 heterocycles. The van der Waals surface area contributed by atoms with Crippen LogP contribution in [-0.2, 0) is 14.3 Å². The van der Waals surface area contributed by atoms with Crippen molar-refractivity contribution >= 4 is 5.91 Å². The monoisotopic (exact) mass is 1250 g/mol. The Labute approximate surface area is 548 Å². The Balaban J connectivity index is 2.02. The third-order valence-electron chi connectivity index (χ3n) is 20.0. The van der Waals surface area contributed by atoms with Crippen LogP contribution in [0.5, 0.6) is 0 Å². The van der Waals surface area contributed by atoms with Crippen molar-refractivity contribution in [3.63, 3.8) is 0 Å². The molecule has 9 nitrogen and oxygen atoms in total. The molecule has 0 radical (unpaired) electrons. The van der Waals surface area contributed by atoms with E-state index in [-0.39, 0.29) is 12.5 Å². The number of amides is 1. The molecule has 7 atom stereocenters. The molecule has 0 bridgehead atoms. The van der Waals surface area contributed by atoms with Gasteiger partial charge in [0.25, 0.3) is 0 Å². The van der Waals surface area contributed by atoms with Crippen LogP contribution >= 0.6 is 0 Å². The molecule has 0 aliphatic carbocycles. The predicted octanol–water partition coefficient (Wildman–Crippen LogP) is 22.8. The van der Waals surface area contributed by atoms with Gasteiger partial charge in [0.15, 0.2) is 6.29 Å². The van der Waals surface area contributed by atoms with Crippen molar-refractivity contribution in [3.8, 4) is 0 Å². The summed E-state index contributed by atoms with van der Waals surface area (Å²) in [5.41, 5.74) is 0. The number of nitrogens with one attached hydrogen (secondary N) is 1. The summed E-state index contributed by atoms with van der Waals surface area (Å²) in [6, 6.07) is -0.716. The lowest BCUT2D eigenvalue weighted by molar-refractivity contribution is -0.302. The zero-order valence-electron chi connectivity index (χ0n) is 59.3. The summed E-state index contributed by atoms with van der Waals surface area (Å²) in [6.45, 7) is 3.92. The molecule has 0 aromatic carbocycles. The van der Waals surface area contributed by atoms with Crippen molar-refractivity contribution in [1.29, 1.82) is 0 Å². The average Bonchev–Trinajstić information content (AvgIpc) is 3.70. The summed E-state index contributed by atoms with van der Waals surface area (Å²) in [4.78, 5) is 13.2. The number of hydrogen-bond acceptors (Lipinski definition) is 8. The fraction of sp³-hybridized carbons (Fsp3) is 0.987. The van der Waals surface area contributed by atoms with E-state index >= 15 is 0 Å². The molecule has 1 saturated heterocycles. The summed E-state index contributed by atoms with van der Waals surface area (Å²) >= 11 is 0. The Morgan fingerprint density at radius 2 is 0.568 bits per heavy atom. The normalized spacial score (nSPS) is 17.7. The number of carbonyl (C=O) groups excluding carboxylic acids is 1. The first kappa shape index (κ1) is 85.2. The Morgan fingerprint density at radius 3 is 0.807 bits per heavy atom. The SMILES string of the molecule is CCCCCCCCCCCCCCCCCCCCCCCCCCCCCCCCCCCCCCCCC(=O)NC(COC1OC(CO)C(O)C(O)C1O)C(O)CCCCCCCCCCCCCCCCCCCCCCCCCCCCC. The fourth-order valence-electron chi connectivity index (χ4n) is 13.7. The van der Waals surface area contributed by atoms with Gasteiger partial charge in [0.05, 0.1) is 25.4 Å². The molecule has 0 saturated carbocycles. The lowest BCUT2D eigenvalue weighted by Crippen LogP contribution is -2.60. The van der Waals surface area contributed by atoms with E-state index < -0.39 is 49.5 Å². The Morgan fingerprint density at radius 1 is 0.341 bits per heavy atom. The second kappa shape index (κ2) is 69.0. The average molecular weight is 1250 g/mol. The molecule has 0 aromatic rings. The third-order valence-corrected chi connectivity index (χ3v) is 20.0. The van der Waals surface area contributed by atoms with Crippen LogP contribution in [0.1, 0.15) is 444 Å². The van der Waals surface area contributed by atoms with Gasteiger partial charge in [-0.1, -0.05) is 425 Å². The van der Waals surface area contributed by atoms with E-state index in [1.807, 2.05) is 0 Å². The Hall–Kier alpha value is -0.810. The van der Waals surface area contributed by atoms with Crippen LogP contribution in [-0.4, -0.2) is 87.5 Å². The van der Waals surface area contributed by atoms with Gasteiger partial charge in [-0.25, -0.2) is 0 Å². The van der Waals surface area contributed by atoms with Gasteiger partial charge in [-0.3, -0.25) is 4.79 Å². The highest BCUT2D eigenvalue weighted by Crippen LogP contribution is 2.25. The molecular weight excluding hydrogens is 1090 g/mol. The quantitative estimate of drug-likeness (QED) is 0.0330. The highest BCUT2D eigenvalue weighted by Gasteiger charge is 2.44. The minimum atomic E-state index is -1.55. The summed E-state index contributed by atoms with van der Waals surface area (Å²) in [6.07, 6.45) is 82.3. The first-order valence-electron chi connectivity index (χ1n) is 40.2. The van der Waals surface area contributed by atoms with E-state index in [9.17, 15) is 30.3 Å². The zero-order chi connectivity index (χ0) is 63.5. The van der Waals surface area contributed by atoms with E-state index in [1.54, 1.807) is 0 Å². The molecule has 1 aliphatic heterocycles. The molecule has 88 heavy (non-hydrogen) atoms. The summed E-state index contributed by atoms with van der Waals surface area (Å²) in [5.74, 6) is -0.131. The van der Waals surface area contributed by atoms with Crippen molar-refractivity contribution in [2.45, 2.75) is 487 Å². The third kappa shape index (κ3) is 56.7. The minimum Gasteiger partial charge on any atom is -0.394 e. The predicted molar refractivity (Wildman–Crippen MR) is 378 cm³/mol. The van der Waals surface area contributed by atoms with Crippen LogP contribution in [0, 0.1) is 0 Å². The largest absolute Gasteiger partial charge is 0.394 e. The molecule has 526 valence electrons. The van der Waals surface area contributed by atoms with E-state index in [4.69, 9.17) is 9.47 Å². The molecule has 1 aliphatic rings. The van der Waals surface area contributed by atoms with Gasteiger partial charge in [-0.15, -0.1) is 0 Å². The summed E-state index contributed by atoms with van der Waals surface area (Å²) < 4.78 is 11.4. The molecule has 0 aromatic heterocycles. The molecule has 1 fully saturated rings. The standard InChI is InChI=1S/C79H157NO8/c1-3-5-7-9-11-13-15-17-19-21-23-25-27-29-31-32-33-34-35-36-37-38-39-40-41-43-45-47-49-51-53-55-57-59-61-63-65-67-69-75(83)80-72(71-87-79-78(86)77(85)76(84)74(70-81)88-79)73(82)68-66-64-62-60-58-56-54-52-50-48-46-44-42-30-28-26-24-22-20-18-16-14-12-10-8-6-4-2/h72-74,76-79,81-82,84-86H,3-71H2,1-2H3,(H,80,83). The van der Waals surface area contributed by atoms with E-state index in [2.05, 4.69) is 19.2 Å². The maximum atomic E-state index is 13.2. The van der Waals surface area contributed by atoms with Crippen molar-refractivity contribution in [2.24, 2.45) is 0 Å². The van der Waals surface area contributed by atoms with Crippen LogP contribution in [0.4, 0.5) is 0 Å². The number of carbonyl (C=O) groups is 1. The lowest BCUT2D eigenvalue weighted by atomic mass is 9.99. The minimum absolute atomic E-state index is 0.130. The highest BCUT2D eigenvalue weighted by molar-refractivity contribution is 5.76. The Bertz CT molecular complexity index is 1350. The van der Waals surface area contributed by atoms with Crippen LogP contribution in [0.15, 0.2) is 0 Å². The summed E-state index contributed by atoms with van der Waals surface area (Å²) in [5, 5.41) is 55.1. The van der Waals surface area contributed by atoms with Gasteiger partial charge in [0.1, 0.15) is 24.4 Å². The van der Waals surface area contributed by atoms with E-state index in [1.165, 1.54) is 379 Å². The van der Waals surface area contributed by atoms with Crippen LogP contribution < -0.4 is 5.32 Å². The number of unbranched alkanes of at least 4 members (excludes halogenated alkanes) is 63. The molecule has 0 spiro atoms. The molecule has 6 N–H and O–H groups in total. The van der Waals surface area contributed by atoms with Crippen molar-refractivity contribution < 1.29 is 39.8 Å². The summed E-state index contributed by atoms with van der Waals surface area (Å²) in [7, 11) is 0. The maximum absolute atomic E-state index is 13.2. The van der Waals surface area contributed by atoms with Crippen molar-refractivity contribution in [3.05, 3.63) is 0 Å². The smallest absolute Gasteiger partial charge is 0.220 e. The van der Waals surface area contributed by atoms with Crippen LogP contribution in [0.25, 0.3) is 0 Å². The zero-order valence-corrected chi connectivity index (χ0v) is 59.3. The molecule has 7 unspecified atom stereocenters. The molecule has 9 heteroatoms. The maximum Gasteiger partial charge on any atom is 0.220 e. The highest BCUT2D eigenvalue weighted by atomic mass is 16.7.